The molecule has 1 heterocycles. The molecule has 0 saturated carbocycles. The van der Waals surface area contributed by atoms with Crippen LogP contribution in [0.1, 0.15) is 23.1 Å². The van der Waals surface area contributed by atoms with E-state index in [1.807, 2.05) is 43.3 Å². The van der Waals surface area contributed by atoms with E-state index in [1.54, 1.807) is 16.8 Å². The van der Waals surface area contributed by atoms with E-state index < -0.39 is 0 Å². The zero-order valence-electron chi connectivity index (χ0n) is 13.5. The van der Waals surface area contributed by atoms with Crippen molar-refractivity contribution in [3.05, 3.63) is 64.4 Å². The number of carbonyl (C=O) groups excluding carboxylic acids is 1. The summed E-state index contributed by atoms with van der Waals surface area (Å²) < 4.78 is 7.85. The van der Waals surface area contributed by atoms with E-state index in [4.69, 9.17) is 4.74 Å². The van der Waals surface area contributed by atoms with Gasteiger partial charge in [0.05, 0.1) is 18.8 Å². The molecule has 3 rings (SSSR count). The number of rotatable bonds is 6. The van der Waals surface area contributed by atoms with Gasteiger partial charge in [0.15, 0.2) is 5.82 Å². The number of halogens is 1. The molecule has 2 aromatic carbocycles. The first-order chi connectivity index (χ1) is 12.2. The normalized spacial score (nSPS) is 10.5. The van der Waals surface area contributed by atoms with Crippen molar-refractivity contribution in [1.82, 2.24) is 25.5 Å². The van der Waals surface area contributed by atoms with Crippen molar-refractivity contribution in [2.24, 2.45) is 0 Å². The summed E-state index contributed by atoms with van der Waals surface area (Å²) in [5.74, 6) is 1.12. The third-order valence-corrected chi connectivity index (χ3v) is 3.91. The first-order valence-electron chi connectivity index (χ1n) is 7.71. The van der Waals surface area contributed by atoms with E-state index in [-0.39, 0.29) is 12.5 Å². The highest BCUT2D eigenvalue weighted by molar-refractivity contribution is 9.10. The van der Waals surface area contributed by atoms with Gasteiger partial charge in [-0.3, -0.25) is 4.79 Å². The van der Waals surface area contributed by atoms with E-state index in [9.17, 15) is 4.79 Å². The molecule has 0 saturated heterocycles. The number of nitrogens with zero attached hydrogens (tertiary/aromatic N) is 4. The number of carbonyl (C=O) groups is 1. The molecule has 7 nitrogen and oxygen atoms in total. The molecule has 3 aromatic rings. The Morgan fingerprint density at radius 2 is 2.04 bits per heavy atom. The molecule has 1 aromatic heterocycles. The highest BCUT2D eigenvalue weighted by Crippen LogP contribution is 2.15. The van der Waals surface area contributed by atoms with Gasteiger partial charge in [0, 0.05) is 10.0 Å². The zero-order valence-corrected chi connectivity index (χ0v) is 15.1. The van der Waals surface area contributed by atoms with Crippen LogP contribution in [0.4, 0.5) is 0 Å². The lowest BCUT2D eigenvalue weighted by atomic mass is 10.2. The Bertz CT molecular complexity index is 863. The van der Waals surface area contributed by atoms with Crippen molar-refractivity contribution in [3.8, 4) is 11.4 Å². The van der Waals surface area contributed by atoms with Crippen molar-refractivity contribution in [2.45, 2.75) is 13.5 Å². The van der Waals surface area contributed by atoms with Gasteiger partial charge in [0.2, 0.25) is 0 Å². The van der Waals surface area contributed by atoms with Gasteiger partial charge in [-0.2, -0.15) is 4.68 Å². The Morgan fingerprint density at radius 3 is 2.76 bits per heavy atom. The Balaban J connectivity index is 1.70. The third-order valence-electron chi connectivity index (χ3n) is 3.42. The van der Waals surface area contributed by atoms with E-state index in [0.29, 0.717) is 18.0 Å². The van der Waals surface area contributed by atoms with Crippen LogP contribution in [0, 0.1) is 0 Å². The highest BCUT2D eigenvalue weighted by atomic mass is 79.9. The quantitative estimate of drug-likeness (QED) is 0.686. The molecule has 0 spiro atoms. The Labute approximate surface area is 153 Å². The van der Waals surface area contributed by atoms with Gasteiger partial charge < -0.3 is 10.1 Å². The second-order valence-electron chi connectivity index (χ2n) is 5.13. The van der Waals surface area contributed by atoms with Crippen LogP contribution in [0.3, 0.4) is 0 Å². The lowest BCUT2D eigenvalue weighted by Crippen LogP contribution is -2.24. The summed E-state index contributed by atoms with van der Waals surface area (Å²) in [7, 11) is 0. The zero-order chi connectivity index (χ0) is 17.6. The molecular formula is C17H16BrN5O2. The van der Waals surface area contributed by atoms with Gasteiger partial charge in [-0.25, -0.2) is 0 Å². The summed E-state index contributed by atoms with van der Waals surface area (Å²) in [5, 5.41) is 14.5. The minimum absolute atomic E-state index is 0.192. The molecule has 8 heteroatoms. The first-order valence-corrected chi connectivity index (χ1v) is 8.51. The molecule has 0 atom stereocenters. The second kappa shape index (κ2) is 7.89. The number of ether oxygens (including phenoxy) is 1. The summed E-state index contributed by atoms with van der Waals surface area (Å²) in [6, 6.07) is 14.6. The maximum atomic E-state index is 12.2. The highest BCUT2D eigenvalue weighted by Gasteiger charge is 2.11. The van der Waals surface area contributed by atoms with E-state index in [0.717, 1.165) is 15.9 Å². The van der Waals surface area contributed by atoms with Gasteiger partial charge in [0.1, 0.15) is 5.75 Å². The van der Waals surface area contributed by atoms with Crippen LogP contribution in [-0.4, -0.2) is 32.7 Å². The molecule has 0 aliphatic heterocycles. The molecule has 128 valence electrons. The Morgan fingerprint density at radius 1 is 1.24 bits per heavy atom. The molecule has 0 aliphatic rings. The monoisotopic (exact) mass is 401 g/mol. The third kappa shape index (κ3) is 4.21. The van der Waals surface area contributed by atoms with Gasteiger partial charge in [0.25, 0.3) is 5.91 Å². The minimum atomic E-state index is -0.192. The molecule has 0 fully saturated rings. The van der Waals surface area contributed by atoms with Crippen LogP contribution in [0.25, 0.3) is 5.69 Å². The van der Waals surface area contributed by atoms with Crippen LogP contribution in [0.2, 0.25) is 0 Å². The van der Waals surface area contributed by atoms with Crippen LogP contribution < -0.4 is 10.1 Å². The molecular weight excluding hydrogens is 386 g/mol. The van der Waals surface area contributed by atoms with Gasteiger partial charge in [-0.1, -0.05) is 22.0 Å². The molecule has 0 bridgehead atoms. The lowest BCUT2D eigenvalue weighted by molar-refractivity contribution is 0.0949. The Hall–Kier alpha value is -2.74. The first kappa shape index (κ1) is 17.1. The van der Waals surface area contributed by atoms with Crippen LogP contribution >= 0.6 is 15.9 Å². The fraction of sp³-hybridized carbons (Fsp3) is 0.176. The number of aromatic nitrogens is 4. The SMILES string of the molecule is CCOc1ccc(-n2nnnc2CNC(=O)c2cccc(Br)c2)cc1. The van der Waals surface area contributed by atoms with Crippen molar-refractivity contribution in [1.29, 1.82) is 0 Å². The molecule has 1 amide bonds. The van der Waals surface area contributed by atoms with E-state index in [2.05, 4.69) is 36.8 Å². The molecule has 0 radical (unpaired) electrons. The fourth-order valence-corrected chi connectivity index (χ4v) is 2.66. The predicted molar refractivity (Wildman–Crippen MR) is 95.6 cm³/mol. The number of amides is 1. The van der Waals surface area contributed by atoms with Crippen molar-refractivity contribution in [2.75, 3.05) is 6.61 Å². The Kier molecular flexibility index (Phi) is 5.39. The topological polar surface area (TPSA) is 81.9 Å². The minimum Gasteiger partial charge on any atom is -0.494 e. The summed E-state index contributed by atoms with van der Waals surface area (Å²) in [6.45, 7) is 2.75. The average Bonchev–Trinajstić information content (AvgIpc) is 3.09. The maximum Gasteiger partial charge on any atom is 0.251 e. The van der Waals surface area contributed by atoms with Crippen molar-refractivity contribution in [3.63, 3.8) is 0 Å². The largest absolute Gasteiger partial charge is 0.494 e. The summed E-state index contributed by atoms with van der Waals surface area (Å²) in [4.78, 5) is 12.2. The van der Waals surface area contributed by atoms with Gasteiger partial charge in [-0.15, -0.1) is 5.10 Å². The van der Waals surface area contributed by atoms with Gasteiger partial charge >= 0.3 is 0 Å². The smallest absolute Gasteiger partial charge is 0.251 e. The van der Waals surface area contributed by atoms with Gasteiger partial charge in [-0.05, 0) is 59.8 Å². The average molecular weight is 402 g/mol. The number of benzene rings is 2. The second-order valence-corrected chi connectivity index (χ2v) is 6.04. The standard InChI is InChI=1S/C17H16BrN5O2/c1-2-25-15-8-6-14(7-9-15)23-16(20-21-22-23)11-19-17(24)12-4-3-5-13(18)10-12/h3-10H,2,11H2,1H3,(H,19,24). The number of tetrazole rings is 1. The maximum absolute atomic E-state index is 12.2. The van der Waals surface area contributed by atoms with Crippen molar-refractivity contribution >= 4 is 21.8 Å². The predicted octanol–water partition coefficient (Wildman–Crippen LogP) is 2.75. The van der Waals surface area contributed by atoms with Crippen LogP contribution in [-0.2, 0) is 6.54 Å². The molecule has 0 unspecified atom stereocenters. The summed E-state index contributed by atoms with van der Waals surface area (Å²) in [6.07, 6.45) is 0. The number of nitrogens with one attached hydrogen (secondary N) is 1. The fourth-order valence-electron chi connectivity index (χ4n) is 2.26. The summed E-state index contributed by atoms with van der Waals surface area (Å²) >= 11 is 3.35. The molecule has 0 aliphatic carbocycles. The van der Waals surface area contributed by atoms with E-state index in [1.165, 1.54) is 0 Å². The molecule has 25 heavy (non-hydrogen) atoms. The number of hydrogen-bond donors (Lipinski definition) is 1. The van der Waals surface area contributed by atoms with Crippen LogP contribution in [0.15, 0.2) is 53.0 Å². The van der Waals surface area contributed by atoms with E-state index >= 15 is 0 Å². The molecule has 1 N–H and O–H groups in total. The summed E-state index contributed by atoms with van der Waals surface area (Å²) in [5.41, 5.74) is 1.36. The number of hydrogen-bond acceptors (Lipinski definition) is 5. The van der Waals surface area contributed by atoms with Crippen molar-refractivity contribution < 1.29 is 9.53 Å². The lowest BCUT2D eigenvalue weighted by Gasteiger charge is -2.08. The van der Waals surface area contributed by atoms with Crippen LogP contribution in [0.5, 0.6) is 5.75 Å².